The molecule has 0 radical (unpaired) electrons. The summed E-state index contributed by atoms with van der Waals surface area (Å²) in [6.07, 6.45) is 4.40. The van der Waals surface area contributed by atoms with Crippen molar-refractivity contribution in [2.75, 3.05) is 64.8 Å². The second-order valence-corrected chi connectivity index (χ2v) is 10.8. The van der Waals surface area contributed by atoms with Crippen molar-refractivity contribution in [3.05, 3.63) is 88.6 Å². The van der Waals surface area contributed by atoms with Crippen molar-refractivity contribution in [1.29, 1.82) is 0 Å². The van der Waals surface area contributed by atoms with Crippen LogP contribution in [0.25, 0.3) is 6.08 Å². The number of thioether (sulfide) groups is 1. The van der Waals surface area contributed by atoms with Crippen LogP contribution in [0.15, 0.2) is 71.9 Å². The van der Waals surface area contributed by atoms with Crippen molar-refractivity contribution in [2.45, 2.75) is 10.9 Å². The zero-order valence-corrected chi connectivity index (χ0v) is 23.6. The van der Waals surface area contributed by atoms with Crippen molar-refractivity contribution < 1.29 is 4.79 Å². The maximum atomic E-state index is 12.5. The summed E-state index contributed by atoms with van der Waals surface area (Å²) in [6, 6.07) is 19.9. The van der Waals surface area contributed by atoms with Gasteiger partial charge in [0.1, 0.15) is 11.0 Å². The number of carbonyl (C=O) groups excluding carboxylic acids is 1. The predicted octanol–water partition coefficient (Wildman–Crippen LogP) is 4.55. The molecule has 0 spiro atoms. The van der Waals surface area contributed by atoms with Crippen LogP contribution in [-0.4, -0.2) is 85.6 Å². The highest BCUT2D eigenvalue weighted by molar-refractivity contribution is 7.98. The Morgan fingerprint density at radius 3 is 2.61 bits per heavy atom. The number of nitrogens with one attached hydrogen (secondary N) is 1. The van der Waals surface area contributed by atoms with E-state index >= 15 is 0 Å². The number of aromatic nitrogens is 2. The molecule has 1 aliphatic rings. The second-order valence-electron chi connectivity index (χ2n) is 9.48. The topological polar surface area (TPSA) is 64.6 Å². The van der Waals surface area contributed by atoms with Crippen LogP contribution < -0.4 is 10.2 Å². The Morgan fingerprint density at radius 1 is 1.05 bits per heavy atom. The summed E-state index contributed by atoms with van der Waals surface area (Å²) in [5, 5.41) is 4.05. The molecule has 0 bridgehead atoms. The fourth-order valence-electron chi connectivity index (χ4n) is 4.12. The number of piperazine rings is 1. The highest BCUT2D eigenvalue weighted by atomic mass is 35.5. The number of benzene rings is 2. The summed E-state index contributed by atoms with van der Waals surface area (Å²) in [5.74, 6) is 1.45. The zero-order chi connectivity index (χ0) is 26.7. The van der Waals surface area contributed by atoms with Crippen LogP contribution in [-0.2, 0) is 5.75 Å². The van der Waals surface area contributed by atoms with Crippen LogP contribution in [0.1, 0.15) is 21.5 Å². The number of hydrogen-bond acceptors (Lipinski definition) is 7. The van der Waals surface area contributed by atoms with Crippen LogP contribution in [0.2, 0.25) is 5.15 Å². The first kappa shape index (κ1) is 28.1. The van der Waals surface area contributed by atoms with E-state index < -0.39 is 0 Å². The van der Waals surface area contributed by atoms with Gasteiger partial charge in [-0.15, -0.1) is 0 Å². The first-order valence-electron chi connectivity index (χ1n) is 12.8. The lowest BCUT2D eigenvalue weighted by atomic mass is 10.1. The number of hydrogen-bond donors (Lipinski definition) is 1. The van der Waals surface area contributed by atoms with Gasteiger partial charge in [0.25, 0.3) is 5.91 Å². The van der Waals surface area contributed by atoms with Gasteiger partial charge >= 0.3 is 0 Å². The van der Waals surface area contributed by atoms with Crippen LogP contribution in [0.3, 0.4) is 0 Å². The third-order valence-electron chi connectivity index (χ3n) is 6.23. The first-order valence-corrected chi connectivity index (χ1v) is 14.2. The van der Waals surface area contributed by atoms with Gasteiger partial charge in [0.2, 0.25) is 0 Å². The lowest BCUT2D eigenvalue weighted by Crippen LogP contribution is -2.46. The van der Waals surface area contributed by atoms with E-state index in [1.807, 2.05) is 55.4 Å². The molecule has 1 fully saturated rings. The van der Waals surface area contributed by atoms with Gasteiger partial charge in [-0.2, -0.15) is 0 Å². The smallest absolute Gasteiger partial charge is 0.251 e. The largest absolute Gasteiger partial charge is 0.354 e. The van der Waals surface area contributed by atoms with E-state index in [1.165, 1.54) is 17.3 Å². The average Bonchev–Trinajstić information content (AvgIpc) is 2.92. The number of amides is 1. The zero-order valence-electron chi connectivity index (χ0n) is 22.0. The first-order chi connectivity index (χ1) is 18.5. The number of halogens is 1. The fraction of sp³-hybridized carbons (Fsp3) is 0.345. The Hall–Kier alpha value is -2.91. The lowest BCUT2D eigenvalue weighted by Gasteiger charge is -2.35. The van der Waals surface area contributed by atoms with Crippen molar-refractivity contribution in [1.82, 2.24) is 25.1 Å². The van der Waals surface area contributed by atoms with Crippen molar-refractivity contribution >= 4 is 41.2 Å². The molecule has 0 unspecified atom stereocenters. The van der Waals surface area contributed by atoms with Crippen molar-refractivity contribution in [2.24, 2.45) is 0 Å². The maximum absolute atomic E-state index is 12.5. The number of rotatable bonds is 11. The Kier molecular flexibility index (Phi) is 10.6. The van der Waals surface area contributed by atoms with E-state index in [9.17, 15) is 4.79 Å². The predicted molar refractivity (Wildman–Crippen MR) is 158 cm³/mol. The maximum Gasteiger partial charge on any atom is 0.251 e. The molecule has 200 valence electrons. The SMILES string of the molecule is CN(C)CCNC(=O)c1cccc(CSc2nc(Cl)cc(N3CCN(CC=Cc4ccccc4)CC3)n2)c1. The second kappa shape index (κ2) is 14.3. The van der Waals surface area contributed by atoms with Crippen molar-refractivity contribution in [3.63, 3.8) is 0 Å². The van der Waals surface area contributed by atoms with E-state index in [1.54, 1.807) is 0 Å². The van der Waals surface area contributed by atoms with Gasteiger partial charge in [-0.1, -0.05) is 78.0 Å². The normalized spacial score (nSPS) is 14.4. The minimum atomic E-state index is -0.0605. The summed E-state index contributed by atoms with van der Waals surface area (Å²) in [5.41, 5.74) is 2.92. The summed E-state index contributed by atoms with van der Waals surface area (Å²) in [4.78, 5) is 28.4. The molecule has 1 saturated heterocycles. The molecule has 7 nitrogen and oxygen atoms in total. The molecular weight excluding hydrogens is 516 g/mol. The molecular formula is C29H35ClN6OS. The highest BCUT2D eigenvalue weighted by Crippen LogP contribution is 2.25. The lowest BCUT2D eigenvalue weighted by molar-refractivity contribution is 0.0951. The summed E-state index contributed by atoms with van der Waals surface area (Å²) in [6.45, 7) is 6.06. The van der Waals surface area contributed by atoms with Gasteiger partial charge < -0.3 is 15.1 Å². The summed E-state index contributed by atoms with van der Waals surface area (Å²) >= 11 is 7.90. The molecule has 3 aromatic rings. The highest BCUT2D eigenvalue weighted by Gasteiger charge is 2.19. The van der Waals surface area contributed by atoms with E-state index in [0.717, 1.165) is 50.6 Å². The van der Waals surface area contributed by atoms with Gasteiger partial charge in [0, 0.05) is 63.2 Å². The molecule has 4 rings (SSSR count). The molecule has 38 heavy (non-hydrogen) atoms. The van der Waals surface area contributed by atoms with Crippen LogP contribution >= 0.6 is 23.4 Å². The molecule has 1 amide bonds. The van der Waals surface area contributed by atoms with Gasteiger partial charge in [0.15, 0.2) is 5.16 Å². The van der Waals surface area contributed by atoms with E-state index in [4.69, 9.17) is 16.6 Å². The van der Waals surface area contributed by atoms with Gasteiger partial charge in [-0.3, -0.25) is 9.69 Å². The standard InChI is InChI=1S/C29H35ClN6OS/c1-34(2)15-13-31-28(37)25-12-6-10-24(20-25)22-38-29-32-26(30)21-27(33-29)36-18-16-35(17-19-36)14-7-11-23-8-4-3-5-9-23/h3-12,20-21H,13-19,22H2,1-2H3,(H,31,37). The van der Waals surface area contributed by atoms with Crippen molar-refractivity contribution in [3.8, 4) is 0 Å². The minimum Gasteiger partial charge on any atom is -0.354 e. The quantitative estimate of drug-likeness (QED) is 0.213. The number of likely N-dealkylation sites (N-methyl/N-ethyl adjacent to an activating group) is 1. The number of anilines is 1. The van der Waals surface area contributed by atoms with Gasteiger partial charge in [-0.25, -0.2) is 9.97 Å². The Balaban J connectivity index is 1.29. The summed E-state index contributed by atoms with van der Waals surface area (Å²) in [7, 11) is 3.97. The average molecular weight is 551 g/mol. The van der Waals surface area contributed by atoms with Crippen LogP contribution in [0.4, 0.5) is 5.82 Å². The molecule has 0 atom stereocenters. The van der Waals surface area contributed by atoms with Gasteiger partial charge in [-0.05, 0) is 37.4 Å². The summed E-state index contributed by atoms with van der Waals surface area (Å²) < 4.78 is 0. The third-order valence-corrected chi connectivity index (χ3v) is 7.34. The monoisotopic (exact) mass is 550 g/mol. The molecule has 2 heterocycles. The molecule has 0 saturated carbocycles. The number of nitrogens with zero attached hydrogens (tertiary/aromatic N) is 5. The molecule has 1 aromatic heterocycles. The molecule has 1 N–H and O–H groups in total. The van der Waals surface area contributed by atoms with E-state index in [-0.39, 0.29) is 5.91 Å². The van der Waals surface area contributed by atoms with E-state index in [0.29, 0.717) is 28.2 Å². The molecule has 9 heteroatoms. The third kappa shape index (κ3) is 8.84. The van der Waals surface area contributed by atoms with Crippen LogP contribution in [0.5, 0.6) is 0 Å². The Labute approximate surface area is 234 Å². The molecule has 1 aliphatic heterocycles. The van der Waals surface area contributed by atoms with E-state index in [2.05, 4.69) is 56.5 Å². The Morgan fingerprint density at radius 2 is 1.84 bits per heavy atom. The Bertz CT molecular complexity index is 1210. The number of carbonyl (C=O) groups is 1. The van der Waals surface area contributed by atoms with Gasteiger partial charge in [0.05, 0.1) is 0 Å². The molecule has 0 aliphatic carbocycles. The minimum absolute atomic E-state index is 0.0605. The molecule has 2 aromatic carbocycles. The fourth-order valence-corrected chi connectivity index (χ4v) is 5.14. The van der Waals surface area contributed by atoms with Crippen LogP contribution in [0, 0.1) is 0 Å².